The number of amides is 1. The third kappa shape index (κ3) is 6.02. The van der Waals surface area contributed by atoms with Crippen LogP contribution in [0.5, 0.6) is 0 Å². The SMILES string of the molecule is CCOC(=O)c1sc(NC(=O)Cc2c(C)nc(SCc3ccccc3)[nH]c2=O)nc1C. The molecule has 10 heteroatoms. The predicted molar refractivity (Wildman–Crippen MR) is 121 cm³/mol. The minimum atomic E-state index is -0.474. The molecule has 0 spiro atoms. The summed E-state index contributed by atoms with van der Waals surface area (Å²) in [6.45, 7) is 5.35. The minimum Gasteiger partial charge on any atom is -0.462 e. The van der Waals surface area contributed by atoms with Crippen LogP contribution in [0.25, 0.3) is 0 Å². The lowest BCUT2D eigenvalue weighted by molar-refractivity contribution is -0.115. The first-order valence-corrected chi connectivity index (χ1v) is 11.4. The fourth-order valence-corrected chi connectivity index (χ4v) is 4.49. The molecule has 3 rings (SSSR count). The Balaban J connectivity index is 1.65. The van der Waals surface area contributed by atoms with Crippen LogP contribution >= 0.6 is 23.1 Å². The Hall–Kier alpha value is -2.98. The molecule has 0 fully saturated rings. The van der Waals surface area contributed by atoms with E-state index in [1.807, 2.05) is 30.3 Å². The molecule has 1 amide bonds. The third-order valence-corrected chi connectivity index (χ3v) is 6.26. The molecule has 2 aromatic heterocycles. The number of aryl methyl sites for hydroxylation is 2. The second kappa shape index (κ2) is 10.4. The maximum absolute atomic E-state index is 12.5. The van der Waals surface area contributed by atoms with Crippen LogP contribution in [0.1, 0.15) is 39.1 Å². The minimum absolute atomic E-state index is 0.148. The molecule has 0 saturated heterocycles. The summed E-state index contributed by atoms with van der Waals surface area (Å²) in [5.41, 5.74) is 2.05. The van der Waals surface area contributed by atoms with Crippen LogP contribution in [-0.2, 0) is 21.7 Å². The van der Waals surface area contributed by atoms with Crippen molar-refractivity contribution in [1.29, 1.82) is 0 Å². The Morgan fingerprint density at radius 1 is 1.16 bits per heavy atom. The first kappa shape index (κ1) is 22.7. The van der Waals surface area contributed by atoms with Gasteiger partial charge in [0.1, 0.15) is 4.88 Å². The second-order valence-electron chi connectivity index (χ2n) is 6.59. The first-order chi connectivity index (χ1) is 14.9. The van der Waals surface area contributed by atoms with Crippen LogP contribution < -0.4 is 10.9 Å². The molecule has 31 heavy (non-hydrogen) atoms. The summed E-state index contributed by atoms with van der Waals surface area (Å²) in [7, 11) is 0. The van der Waals surface area contributed by atoms with Crippen LogP contribution in [0.4, 0.5) is 5.13 Å². The number of carbonyl (C=O) groups excluding carboxylic acids is 2. The van der Waals surface area contributed by atoms with Gasteiger partial charge in [-0.15, -0.1) is 0 Å². The number of aromatic nitrogens is 3. The van der Waals surface area contributed by atoms with Gasteiger partial charge in [-0.05, 0) is 26.3 Å². The van der Waals surface area contributed by atoms with Crippen LogP contribution in [0, 0.1) is 13.8 Å². The molecule has 162 valence electrons. The Bertz CT molecular complexity index is 1140. The summed E-state index contributed by atoms with van der Waals surface area (Å²) < 4.78 is 4.98. The number of nitrogens with one attached hydrogen (secondary N) is 2. The maximum Gasteiger partial charge on any atom is 0.350 e. The van der Waals surface area contributed by atoms with Gasteiger partial charge >= 0.3 is 5.97 Å². The van der Waals surface area contributed by atoms with Crippen molar-refractivity contribution >= 4 is 40.1 Å². The van der Waals surface area contributed by atoms with Crippen LogP contribution in [0.15, 0.2) is 40.3 Å². The smallest absolute Gasteiger partial charge is 0.350 e. The van der Waals surface area contributed by atoms with E-state index in [9.17, 15) is 14.4 Å². The van der Waals surface area contributed by atoms with Gasteiger partial charge in [0, 0.05) is 17.0 Å². The van der Waals surface area contributed by atoms with Crippen LogP contribution in [0.3, 0.4) is 0 Å². The van der Waals surface area contributed by atoms with Crippen LogP contribution in [0.2, 0.25) is 0 Å². The lowest BCUT2D eigenvalue weighted by atomic mass is 10.1. The fraction of sp³-hybridized carbons (Fsp3) is 0.286. The Kier molecular flexibility index (Phi) is 7.59. The van der Waals surface area contributed by atoms with E-state index in [-0.39, 0.29) is 23.7 Å². The van der Waals surface area contributed by atoms with Crippen molar-refractivity contribution in [2.75, 3.05) is 11.9 Å². The van der Waals surface area contributed by atoms with Gasteiger partial charge in [-0.25, -0.2) is 14.8 Å². The molecule has 2 heterocycles. The van der Waals surface area contributed by atoms with E-state index in [0.717, 1.165) is 16.9 Å². The highest BCUT2D eigenvalue weighted by molar-refractivity contribution is 7.98. The van der Waals surface area contributed by atoms with E-state index in [2.05, 4.69) is 20.3 Å². The van der Waals surface area contributed by atoms with Gasteiger partial charge in [-0.2, -0.15) is 0 Å². The van der Waals surface area contributed by atoms with Gasteiger partial charge in [-0.3, -0.25) is 9.59 Å². The van der Waals surface area contributed by atoms with Gasteiger partial charge in [0.2, 0.25) is 5.91 Å². The average molecular weight is 459 g/mol. The number of hydrogen-bond acceptors (Lipinski definition) is 8. The number of thiazole rings is 1. The molecular weight excluding hydrogens is 436 g/mol. The first-order valence-electron chi connectivity index (χ1n) is 9.58. The summed E-state index contributed by atoms with van der Waals surface area (Å²) in [4.78, 5) is 48.6. The average Bonchev–Trinajstić information content (AvgIpc) is 3.10. The molecule has 0 aliphatic carbocycles. The highest BCUT2D eigenvalue weighted by Crippen LogP contribution is 2.24. The van der Waals surface area contributed by atoms with E-state index in [4.69, 9.17) is 4.74 Å². The molecule has 0 aliphatic heterocycles. The van der Waals surface area contributed by atoms with E-state index in [0.29, 0.717) is 32.7 Å². The van der Waals surface area contributed by atoms with Crippen molar-refractivity contribution in [2.24, 2.45) is 0 Å². The lowest BCUT2D eigenvalue weighted by Gasteiger charge is -2.07. The highest BCUT2D eigenvalue weighted by atomic mass is 32.2. The molecule has 8 nitrogen and oxygen atoms in total. The van der Waals surface area contributed by atoms with Gasteiger partial charge in [-0.1, -0.05) is 53.4 Å². The second-order valence-corrected chi connectivity index (χ2v) is 8.55. The van der Waals surface area contributed by atoms with E-state index in [1.165, 1.54) is 11.8 Å². The molecule has 0 saturated carbocycles. The number of H-pyrrole nitrogens is 1. The molecular formula is C21H22N4O4S2. The number of anilines is 1. The summed E-state index contributed by atoms with van der Waals surface area (Å²) in [5, 5.41) is 3.42. The van der Waals surface area contributed by atoms with Crippen molar-refractivity contribution in [1.82, 2.24) is 15.0 Å². The summed E-state index contributed by atoms with van der Waals surface area (Å²) in [5.74, 6) is -0.211. The number of thioether (sulfide) groups is 1. The molecule has 3 aromatic rings. The Labute approximate surface area is 187 Å². The summed E-state index contributed by atoms with van der Waals surface area (Å²) >= 11 is 2.46. The lowest BCUT2D eigenvalue weighted by Crippen LogP contribution is -2.23. The maximum atomic E-state index is 12.5. The van der Waals surface area contributed by atoms with Gasteiger partial charge in [0.25, 0.3) is 5.56 Å². The predicted octanol–water partition coefficient (Wildman–Crippen LogP) is 3.49. The number of carbonyl (C=O) groups is 2. The van der Waals surface area contributed by atoms with Crippen molar-refractivity contribution < 1.29 is 14.3 Å². The summed E-state index contributed by atoms with van der Waals surface area (Å²) in [6, 6.07) is 9.87. The number of ether oxygens (including phenoxy) is 1. The molecule has 0 unspecified atom stereocenters. The van der Waals surface area contributed by atoms with Crippen molar-refractivity contribution in [3.05, 3.63) is 68.1 Å². The molecule has 2 N–H and O–H groups in total. The van der Waals surface area contributed by atoms with E-state index >= 15 is 0 Å². The molecule has 0 aliphatic rings. The number of aromatic amines is 1. The molecule has 0 radical (unpaired) electrons. The number of nitrogens with zero attached hydrogens (tertiary/aromatic N) is 2. The normalized spacial score (nSPS) is 10.7. The van der Waals surface area contributed by atoms with Gasteiger partial charge < -0.3 is 15.0 Å². The monoisotopic (exact) mass is 458 g/mol. The van der Waals surface area contributed by atoms with E-state index in [1.54, 1.807) is 20.8 Å². The third-order valence-electron chi connectivity index (χ3n) is 4.26. The Morgan fingerprint density at radius 2 is 1.90 bits per heavy atom. The topological polar surface area (TPSA) is 114 Å². The summed E-state index contributed by atoms with van der Waals surface area (Å²) in [6.07, 6.45) is -0.148. The van der Waals surface area contributed by atoms with Crippen molar-refractivity contribution in [3.8, 4) is 0 Å². The molecule has 0 bridgehead atoms. The van der Waals surface area contributed by atoms with Gasteiger partial charge in [0.15, 0.2) is 10.3 Å². The largest absolute Gasteiger partial charge is 0.462 e. The fourth-order valence-electron chi connectivity index (χ4n) is 2.75. The van der Waals surface area contributed by atoms with Gasteiger partial charge in [0.05, 0.1) is 18.7 Å². The molecule has 1 aromatic carbocycles. The van der Waals surface area contributed by atoms with Crippen molar-refractivity contribution in [3.63, 3.8) is 0 Å². The van der Waals surface area contributed by atoms with Crippen molar-refractivity contribution in [2.45, 2.75) is 38.1 Å². The van der Waals surface area contributed by atoms with E-state index < -0.39 is 11.9 Å². The zero-order chi connectivity index (χ0) is 22.4. The number of hydrogen-bond donors (Lipinski definition) is 2. The standard InChI is InChI=1S/C21H22N4O4S2/c1-4-29-19(28)17-13(3)23-21(31-17)24-16(26)10-15-12(2)22-20(25-18(15)27)30-11-14-8-6-5-7-9-14/h5-9H,4,10-11H2,1-3H3,(H,22,25,27)(H,23,24,26). The van der Waals surface area contributed by atoms with Crippen LogP contribution in [-0.4, -0.2) is 33.4 Å². The number of rotatable bonds is 8. The number of esters is 1. The Morgan fingerprint density at radius 3 is 2.58 bits per heavy atom. The zero-order valence-corrected chi connectivity index (χ0v) is 19.0. The highest BCUT2D eigenvalue weighted by Gasteiger charge is 2.19. The number of benzene rings is 1. The zero-order valence-electron chi connectivity index (χ0n) is 17.4. The quantitative estimate of drug-likeness (QED) is 0.302. The molecule has 0 atom stereocenters.